The van der Waals surface area contributed by atoms with Crippen molar-refractivity contribution in [1.29, 1.82) is 0 Å². The topological polar surface area (TPSA) is 24.9 Å². The monoisotopic (exact) mass is 212 g/mol. The summed E-state index contributed by atoms with van der Waals surface area (Å²) in [6.07, 6.45) is 4.68. The third kappa shape index (κ3) is 2.60. The third-order valence-electron chi connectivity index (χ3n) is 2.66. The molecule has 16 heavy (non-hydrogen) atoms. The highest BCUT2D eigenvalue weighted by Crippen LogP contribution is 2.12. The van der Waals surface area contributed by atoms with Gasteiger partial charge in [0.1, 0.15) is 0 Å². The van der Waals surface area contributed by atoms with Crippen molar-refractivity contribution >= 4 is 5.69 Å². The van der Waals surface area contributed by atoms with Crippen LogP contribution in [0.15, 0.2) is 48.8 Å². The van der Waals surface area contributed by atoms with E-state index in [9.17, 15) is 0 Å². The Morgan fingerprint density at radius 1 is 1.00 bits per heavy atom. The molecule has 2 heteroatoms. The molecule has 0 aliphatic carbocycles. The molecule has 1 aromatic carbocycles. The van der Waals surface area contributed by atoms with Crippen molar-refractivity contribution in [2.24, 2.45) is 0 Å². The minimum atomic E-state index is 0.869. The van der Waals surface area contributed by atoms with E-state index in [2.05, 4.69) is 41.5 Å². The highest BCUT2D eigenvalue weighted by atomic mass is 14.9. The van der Waals surface area contributed by atoms with Gasteiger partial charge < -0.3 is 5.32 Å². The molecule has 2 nitrogen and oxygen atoms in total. The first-order valence-electron chi connectivity index (χ1n) is 5.61. The molecular formula is C14H16N2. The smallest absolute Gasteiger partial charge is 0.0403 e. The van der Waals surface area contributed by atoms with Gasteiger partial charge in [0.05, 0.1) is 0 Å². The fourth-order valence-corrected chi connectivity index (χ4v) is 1.74. The number of aromatic nitrogens is 1. The first kappa shape index (κ1) is 10.7. The number of pyridine rings is 1. The number of aryl methyl sites for hydroxylation is 1. The third-order valence-corrected chi connectivity index (χ3v) is 2.66. The Hall–Kier alpha value is -1.83. The SMILES string of the molecule is CCc1ccccc1CNc1ccncc1. The summed E-state index contributed by atoms with van der Waals surface area (Å²) < 4.78 is 0. The number of nitrogens with one attached hydrogen (secondary N) is 1. The zero-order valence-corrected chi connectivity index (χ0v) is 9.48. The van der Waals surface area contributed by atoms with Crippen LogP contribution >= 0.6 is 0 Å². The minimum Gasteiger partial charge on any atom is -0.381 e. The van der Waals surface area contributed by atoms with Crippen molar-refractivity contribution in [3.63, 3.8) is 0 Å². The summed E-state index contributed by atoms with van der Waals surface area (Å²) in [5.41, 5.74) is 3.88. The second-order valence-corrected chi connectivity index (χ2v) is 3.71. The molecule has 2 rings (SSSR count). The average molecular weight is 212 g/mol. The van der Waals surface area contributed by atoms with Gasteiger partial charge >= 0.3 is 0 Å². The molecule has 2 aromatic rings. The van der Waals surface area contributed by atoms with Crippen LogP contribution in [0.3, 0.4) is 0 Å². The van der Waals surface area contributed by atoms with E-state index in [1.165, 1.54) is 11.1 Å². The molecule has 0 amide bonds. The van der Waals surface area contributed by atoms with Crippen molar-refractivity contribution < 1.29 is 0 Å². The highest BCUT2D eigenvalue weighted by Gasteiger charge is 1.98. The van der Waals surface area contributed by atoms with E-state index in [1.807, 2.05) is 12.1 Å². The maximum Gasteiger partial charge on any atom is 0.0403 e. The van der Waals surface area contributed by atoms with Crippen molar-refractivity contribution in [2.75, 3.05) is 5.32 Å². The Labute approximate surface area is 96.4 Å². The summed E-state index contributed by atoms with van der Waals surface area (Å²) >= 11 is 0. The summed E-state index contributed by atoms with van der Waals surface area (Å²) in [4.78, 5) is 3.99. The first-order chi connectivity index (χ1) is 7.90. The molecule has 0 fully saturated rings. The van der Waals surface area contributed by atoms with Crippen molar-refractivity contribution in [2.45, 2.75) is 19.9 Å². The molecule has 0 aliphatic heterocycles. The summed E-state index contributed by atoms with van der Waals surface area (Å²) in [6.45, 7) is 3.05. The number of rotatable bonds is 4. The molecule has 0 bridgehead atoms. The molecular weight excluding hydrogens is 196 g/mol. The van der Waals surface area contributed by atoms with Crippen LogP contribution < -0.4 is 5.32 Å². The maximum absolute atomic E-state index is 3.99. The van der Waals surface area contributed by atoms with Crippen LogP contribution in [-0.4, -0.2) is 4.98 Å². The number of hydrogen-bond acceptors (Lipinski definition) is 2. The Bertz CT molecular complexity index is 437. The van der Waals surface area contributed by atoms with E-state index in [0.717, 1.165) is 18.7 Å². The van der Waals surface area contributed by atoms with Gasteiger partial charge in [0.15, 0.2) is 0 Å². The number of nitrogens with zero attached hydrogens (tertiary/aromatic N) is 1. The van der Waals surface area contributed by atoms with E-state index >= 15 is 0 Å². The van der Waals surface area contributed by atoms with E-state index < -0.39 is 0 Å². The molecule has 0 saturated carbocycles. The zero-order valence-electron chi connectivity index (χ0n) is 9.48. The van der Waals surface area contributed by atoms with Gasteiger partial charge in [-0.25, -0.2) is 0 Å². The van der Waals surface area contributed by atoms with Gasteiger partial charge in [0.2, 0.25) is 0 Å². The summed E-state index contributed by atoms with van der Waals surface area (Å²) in [7, 11) is 0. The molecule has 0 aliphatic rings. The number of hydrogen-bond donors (Lipinski definition) is 1. The summed E-state index contributed by atoms with van der Waals surface area (Å²) in [5, 5.41) is 3.40. The molecule has 1 aromatic heterocycles. The largest absolute Gasteiger partial charge is 0.381 e. The lowest BCUT2D eigenvalue weighted by atomic mass is 10.1. The van der Waals surface area contributed by atoms with Crippen LogP contribution in [0.2, 0.25) is 0 Å². The Morgan fingerprint density at radius 3 is 2.38 bits per heavy atom. The van der Waals surface area contributed by atoms with E-state index in [0.29, 0.717) is 0 Å². The van der Waals surface area contributed by atoms with Gasteiger partial charge in [-0.15, -0.1) is 0 Å². The van der Waals surface area contributed by atoms with Crippen molar-refractivity contribution in [1.82, 2.24) is 4.98 Å². The molecule has 1 heterocycles. The second kappa shape index (κ2) is 5.31. The van der Waals surface area contributed by atoms with Crippen LogP contribution in [0.25, 0.3) is 0 Å². The van der Waals surface area contributed by atoms with E-state index in [1.54, 1.807) is 12.4 Å². The van der Waals surface area contributed by atoms with Gasteiger partial charge in [-0.1, -0.05) is 31.2 Å². The van der Waals surface area contributed by atoms with Crippen LogP contribution in [0, 0.1) is 0 Å². The Kier molecular flexibility index (Phi) is 3.54. The molecule has 0 radical (unpaired) electrons. The van der Waals surface area contributed by atoms with Crippen LogP contribution in [0.4, 0.5) is 5.69 Å². The number of benzene rings is 1. The van der Waals surface area contributed by atoms with Gasteiger partial charge in [0, 0.05) is 24.6 Å². The molecule has 0 saturated heterocycles. The summed E-state index contributed by atoms with van der Waals surface area (Å²) in [6, 6.07) is 12.5. The summed E-state index contributed by atoms with van der Waals surface area (Å²) in [5.74, 6) is 0. The lowest BCUT2D eigenvalue weighted by molar-refractivity contribution is 1.04. The molecule has 82 valence electrons. The Morgan fingerprint density at radius 2 is 1.69 bits per heavy atom. The van der Waals surface area contributed by atoms with Gasteiger partial charge in [-0.2, -0.15) is 0 Å². The highest BCUT2D eigenvalue weighted by molar-refractivity contribution is 5.42. The molecule has 0 unspecified atom stereocenters. The fraction of sp³-hybridized carbons (Fsp3) is 0.214. The Balaban J connectivity index is 2.05. The van der Waals surface area contributed by atoms with Crippen LogP contribution in [0.1, 0.15) is 18.1 Å². The first-order valence-corrected chi connectivity index (χ1v) is 5.61. The molecule has 1 N–H and O–H groups in total. The zero-order chi connectivity index (χ0) is 11.2. The average Bonchev–Trinajstić information content (AvgIpc) is 2.38. The van der Waals surface area contributed by atoms with Crippen LogP contribution in [-0.2, 0) is 13.0 Å². The molecule has 0 spiro atoms. The van der Waals surface area contributed by atoms with Gasteiger partial charge in [-0.3, -0.25) is 4.98 Å². The minimum absolute atomic E-state index is 0.869. The predicted molar refractivity (Wildman–Crippen MR) is 67.4 cm³/mol. The molecule has 0 atom stereocenters. The lowest BCUT2D eigenvalue weighted by Crippen LogP contribution is -2.02. The van der Waals surface area contributed by atoms with E-state index in [4.69, 9.17) is 0 Å². The number of anilines is 1. The fourth-order valence-electron chi connectivity index (χ4n) is 1.74. The maximum atomic E-state index is 3.99. The van der Waals surface area contributed by atoms with E-state index in [-0.39, 0.29) is 0 Å². The second-order valence-electron chi connectivity index (χ2n) is 3.71. The predicted octanol–water partition coefficient (Wildman–Crippen LogP) is 3.26. The van der Waals surface area contributed by atoms with Crippen molar-refractivity contribution in [3.8, 4) is 0 Å². The van der Waals surface area contributed by atoms with Gasteiger partial charge in [0.25, 0.3) is 0 Å². The normalized spacial score (nSPS) is 10.1. The standard InChI is InChI=1S/C14H16N2/c1-2-12-5-3-4-6-13(12)11-16-14-7-9-15-10-8-14/h3-10H,2,11H2,1H3,(H,15,16). The van der Waals surface area contributed by atoms with Gasteiger partial charge in [-0.05, 0) is 29.7 Å². The van der Waals surface area contributed by atoms with Crippen LogP contribution in [0.5, 0.6) is 0 Å². The quantitative estimate of drug-likeness (QED) is 0.841. The van der Waals surface area contributed by atoms with Crippen molar-refractivity contribution in [3.05, 3.63) is 59.9 Å². The lowest BCUT2D eigenvalue weighted by Gasteiger charge is -2.09.